The van der Waals surface area contributed by atoms with Crippen molar-refractivity contribution in [3.63, 3.8) is 0 Å². The molecule has 0 radical (unpaired) electrons. The summed E-state index contributed by atoms with van der Waals surface area (Å²) in [7, 11) is 0. The van der Waals surface area contributed by atoms with Crippen LogP contribution in [0, 0.1) is 25.2 Å². The van der Waals surface area contributed by atoms with E-state index in [-0.39, 0.29) is 29.9 Å². The fraction of sp³-hybridized carbons (Fsp3) is 0.227. The summed E-state index contributed by atoms with van der Waals surface area (Å²) >= 11 is 7.25. The van der Waals surface area contributed by atoms with Gasteiger partial charge in [0.05, 0.1) is 22.4 Å². The second-order valence-corrected chi connectivity index (χ2v) is 8.16. The summed E-state index contributed by atoms with van der Waals surface area (Å²) in [5, 5.41) is 16.3. The molecule has 0 aromatic heterocycles. The zero-order chi connectivity index (χ0) is 21.0. The average molecular weight is 426 g/mol. The maximum absolute atomic E-state index is 12.4. The number of carbonyl (C=O) groups excluding carboxylic acids is 2. The molecule has 0 unspecified atom stereocenters. The molecule has 0 fully saturated rings. The minimum Gasteiger partial charge on any atom is -0.325 e. The van der Waals surface area contributed by atoms with Crippen LogP contribution >= 0.6 is 23.4 Å². The van der Waals surface area contributed by atoms with Crippen LogP contribution in [0.15, 0.2) is 53.1 Å². The number of thioether (sulfide) groups is 1. The number of halogens is 1. The third-order valence-electron chi connectivity index (χ3n) is 4.81. The lowest BCUT2D eigenvalue weighted by Crippen LogP contribution is -2.31. The van der Waals surface area contributed by atoms with E-state index in [1.807, 2.05) is 38.1 Å². The van der Waals surface area contributed by atoms with E-state index in [1.54, 1.807) is 18.2 Å². The number of allylic oxidation sites excluding steroid dienone is 1. The number of hydrogen-bond acceptors (Lipinski definition) is 4. The van der Waals surface area contributed by atoms with Gasteiger partial charge in [0.2, 0.25) is 11.8 Å². The molecular weight excluding hydrogens is 406 g/mol. The maximum atomic E-state index is 12.4. The Balaban J connectivity index is 1.78. The van der Waals surface area contributed by atoms with Gasteiger partial charge in [-0.05, 0) is 42.7 Å². The SMILES string of the molecule is Cc1ccccc1[C@H]1CC(=O)NC(SCC(=O)Nc2cccc(Cl)c2C)=C1C#N. The Morgan fingerprint density at radius 3 is 2.76 bits per heavy atom. The Kier molecular flexibility index (Phi) is 6.63. The van der Waals surface area contributed by atoms with E-state index >= 15 is 0 Å². The first kappa shape index (κ1) is 21.0. The fourth-order valence-corrected chi connectivity index (χ4v) is 4.29. The highest BCUT2D eigenvalue weighted by atomic mass is 35.5. The Morgan fingerprint density at radius 2 is 2.03 bits per heavy atom. The number of nitrogens with zero attached hydrogens (tertiary/aromatic N) is 1. The van der Waals surface area contributed by atoms with Gasteiger partial charge in [-0.1, -0.05) is 53.7 Å². The molecule has 1 aliphatic heterocycles. The van der Waals surface area contributed by atoms with E-state index in [0.29, 0.717) is 21.3 Å². The number of hydrogen-bond donors (Lipinski definition) is 2. The van der Waals surface area contributed by atoms with Gasteiger partial charge in [-0.15, -0.1) is 0 Å². The normalized spacial score (nSPS) is 16.2. The third-order valence-corrected chi connectivity index (χ3v) is 6.24. The van der Waals surface area contributed by atoms with E-state index in [0.717, 1.165) is 28.5 Å². The number of aryl methyl sites for hydroxylation is 1. The van der Waals surface area contributed by atoms with Gasteiger partial charge in [-0.3, -0.25) is 9.59 Å². The Hall–Kier alpha value is -2.75. The summed E-state index contributed by atoms with van der Waals surface area (Å²) in [4.78, 5) is 24.7. The average Bonchev–Trinajstić information content (AvgIpc) is 2.70. The first-order valence-corrected chi connectivity index (χ1v) is 10.4. The lowest BCUT2D eigenvalue weighted by molar-refractivity contribution is -0.121. The molecule has 148 valence electrons. The predicted octanol–water partition coefficient (Wildman–Crippen LogP) is 4.67. The van der Waals surface area contributed by atoms with Crippen molar-refractivity contribution in [3.05, 3.63) is 74.8 Å². The molecule has 2 N–H and O–H groups in total. The minimum absolute atomic E-state index is 0.0627. The first-order chi connectivity index (χ1) is 13.9. The fourth-order valence-electron chi connectivity index (χ4n) is 3.24. The summed E-state index contributed by atoms with van der Waals surface area (Å²) in [6.45, 7) is 3.79. The van der Waals surface area contributed by atoms with Crippen LogP contribution in [0.2, 0.25) is 5.02 Å². The molecule has 1 aliphatic rings. The second kappa shape index (κ2) is 9.17. The van der Waals surface area contributed by atoms with Crippen LogP contribution in [0.1, 0.15) is 29.0 Å². The number of amides is 2. The number of rotatable bonds is 5. The standard InChI is InChI=1S/C22H20ClN3O2S/c1-13-6-3-4-7-15(13)16-10-20(27)26-22(17(16)11-24)29-12-21(28)25-19-9-5-8-18(23)14(19)2/h3-9,16H,10,12H2,1-2H3,(H,25,28)(H,26,27)/t16-/m1/s1. The molecule has 0 aliphatic carbocycles. The summed E-state index contributed by atoms with van der Waals surface area (Å²) in [5.74, 6) is -0.647. The molecule has 29 heavy (non-hydrogen) atoms. The molecule has 1 atom stereocenters. The zero-order valence-electron chi connectivity index (χ0n) is 16.1. The lowest BCUT2D eigenvalue weighted by atomic mass is 9.85. The van der Waals surface area contributed by atoms with Crippen LogP contribution in [-0.4, -0.2) is 17.6 Å². The van der Waals surface area contributed by atoms with Gasteiger partial charge in [0, 0.05) is 23.0 Å². The van der Waals surface area contributed by atoms with Crippen LogP contribution in [-0.2, 0) is 9.59 Å². The quantitative estimate of drug-likeness (QED) is 0.729. The van der Waals surface area contributed by atoms with Crippen LogP contribution in [0.4, 0.5) is 5.69 Å². The molecule has 2 aromatic carbocycles. The van der Waals surface area contributed by atoms with Crippen LogP contribution < -0.4 is 10.6 Å². The molecule has 3 rings (SSSR count). The summed E-state index contributed by atoms with van der Waals surface area (Å²) < 4.78 is 0. The van der Waals surface area contributed by atoms with Crippen molar-refractivity contribution in [1.29, 1.82) is 5.26 Å². The van der Waals surface area contributed by atoms with Crippen molar-refractivity contribution in [2.75, 3.05) is 11.1 Å². The van der Waals surface area contributed by atoms with E-state index in [1.165, 1.54) is 0 Å². The second-order valence-electron chi connectivity index (χ2n) is 6.77. The lowest BCUT2D eigenvalue weighted by Gasteiger charge is -2.26. The van der Waals surface area contributed by atoms with Gasteiger partial charge in [-0.25, -0.2) is 0 Å². The van der Waals surface area contributed by atoms with Crippen molar-refractivity contribution >= 4 is 40.9 Å². The maximum Gasteiger partial charge on any atom is 0.234 e. The van der Waals surface area contributed by atoms with Crippen molar-refractivity contribution in [2.24, 2.45) is 0 Å². The smallest absolute Gasteiger partial charge is 0.234 e. The number of anilines is 1. The molecule has 5 nitrogen and oxygen atoms in total. The number of nitriles is 1. The third kappa shape index (κ3) is 4.81. The summed E-state index contributed by atoms with van der Waals surface area (Å²) in [5.41, 5.74) is 3.89. The van der Waals surface area contributed by atoms with Crippen molar-refractivity contribution in [2.45, 2.75) is 26.2 Å². The molecule has 0 saturated heterocycles. The predicted molar refractivity (Wildman–Crippen MR) is 117 cm³/mol. The van der Waals surface area contributed by atoms with Gasteiger partial charge < -0.3 is 10.6 Å². The van der Waals surface area contributed by atoms with Crippen molar-refractivity contribution < 1.29 is 9.59 Å². The van der Waals surface area contributed by atoms with E-state index in [4.69, 9.17) is 11.6 Å². The van der Waals surface area contributed by atoms with Gasteiger partial charge in [0.15, 0.2) is 0 Å². The monoisotopic (exact) mass is 425 g/mol. The van der Waals surface area contributed by atoms with Crippen LogP contribution in [0.25, 0.3) is 0 Å². The molecule has 0 saturated carbocycles. The molecule has 0 bridgehead atoms. The highest BCUT2D eigenvalue weighted by Gasteiger charge is 2.30. The highest BCUT2D eigenvalue weighted by Crippen LogP contribution is 2.37. The first-order valence-electron chi connectivity index (χ1n) is 9.08. The van der Waals surface area contributed by atoms with E-state index in [9.17, 15) is 14.9 Å². The van der Waals surface area contributed by atoms with Gasteiger partial charge >= 0.3 is 0 Å². The van der Waals surface area contributed by atoms with E-state index < -0.39 is 0 Å². The summed E-state index contributed by atoms with van der Waals surface area (Å²) in [6.07, 6.45) is 0.214. The largest absolute Gasteiger partial charge is 0.325 e. The molecule has 2 amide bonds. The van der Waals surface area contributed by atoms with Crippen LogP contribution in [0.5, 0.6) is 0 Å². The van der Waals surface area contributed by atoms with Crippen molar-refractivity contribution in [3.8, 4) is 6.07 Å². The van der Waals surface area contributed by atoms with Crippen LogP contribution in [0.3, 0.4) is 0 Å². The van der Waals surface area contributed by atoms with Gasteiger partial charge in [0.1, 0.15) is 0 Å². The molecular formula is C22H20ClN3O2S. The van der Waals surface area contributed by atoms with Gasteiger partial charge in [0.25, 0.3) is 0 Å². The van der Waals surface area contributed by atoms with Crippen molar-refractivity contribution in [1.82, 2.24) is 5.32 Å². The topological polar surface area (TPSA) is 82.0 Å². The molecule has 1 heterocycles. The molecule has 7 heteroatoms. The molecule has 2 aromatic rings. The van der Waals surface area contributed by atoms with E-state index in [2.05, 4.69) is 16.7 Å². The Morgan fingerprint density at radius 1 is 1.28 bits per heavy atom. The molecule has 0 spiro atoms. The van der Waals surface area contributed by atoms with Gasteiger partial charge in [-0.2, -0.15) is 5.26 Å². The number of benzene rings is 2. The number of nitrogens with one attached hydrogen (secondary N) is 2. The number of carbonyl (C=O) groups is 2. The Labute approximate surface area is 179 Å². The minimum atomic E-state index is -0.310. The highest BCUT2D eigenvalue weighted by molar-refractivity contribution is 8.03. The Bertz CT molecular complexity index is 1040. The summed E-state index contributed by atoms with van der Waals surface area (Å²) in [6, 6.07) is 15.3. The zero-order valence-corrected chi connectivity index (χ0v) is 17.7.